The van der Waals surface area contributed by atoms with Crippen molar-refractivity contribution in [3.8, 4) is 0 Å². The molecule has 2 nitrogen and oxygen atoms in total. The highest BCUT2D eigenvalue weighted by Gasteiger charge is 2.07. The molecule has 0 aromatic carbocycles. The van der Waals surface area contributed by atoms with Gasteiger partial charge in [0.2, 0.25) is 0 Å². The number of carbonyl (C=O) groups excluding carboxylic acids is 1. The fourth-order valence-electron chi connectivity index (χ4n) is 0.906. The van der Waals surface area contributed by atoms with E-state index in [0.717, 1.165) is 6.42 Å². The summed E-state index contributed by atoms with van der Waals surface area (Å²) in [6.07, 6.45) is 3.28. The first-order valence-corrected chi connectivity index (χ1v) is 4.89. The Bertz CT molecular complexity index is 241. The van der Waals surface area contributed by atoms with E-state index in [-0.39, 0.29) is 5.92 Å². The van der Waals surface area contributed by atoms with E-state index < -0.39 is 0 Å². The molecule has 0 atom stereocenters. The van der Waals surface area contributed by atoms with Crippen molar-refractivity contribution in [1.82, 2.24) is 4.37 Å². The van der Waals surface area contributed by atoms with Crippen molar-refractivity contribution >= 4 is 17.3 Å². The van der Waals surface area contributed by atoms with Crippen molar-refractivity contribution in [3.63, 3.8) is 0 Å². The van der Waals surface area contributed by atoms with Crippen LogP contribution in [0.15, 0.2) is 12.3 Å². The second-order valence-corrected chi connectivity index (χ2v) is 4.02. The van der Waals surface area contributed by atoms with E-state index in [1.54, 1.807) is 6.20 Å². The number of nitrogens with zero attached hydrogens (tertiary/aromatic N) is 1. The highest BCUT2D eigenvalue weighted by atomic mass is 32.1. The molecule has 3 heteroatoms. The molecule has 0 radical (unpaired) electrons. The van der Waals surface area contributed by atoms with Gasteiger partial charge in [0.25, 0.3) is 0 Å². The number of aromatic nitrogens is 1. The fourth-order valence-corrected chi connectivity index (χ4v) is 1.48. The Morgan fingerprint density at radius 2 is 2.42 bits per heavy atom. The van der Waals surface area contributed by atoms with Crippen LogP contribution in [0.1, 0.15) is 25.1 Å². The van der Waals surface area contributed by atoms with Crippen molar-refractivity contribution in [3.05, 3.63) is 17.1 Å². The van der Waals surface area contributed by atoms with Crippen LogP contribution in [-0.2, 0) is 11.2 Å². The lowest BCUT2D eigenvalue weighted by Gasteiger charge is -2.01. The second kappa shape index (κ2) is 4.36. The second-order valence-electron chi connectivity index (χ2n) is 3.10. The molecule has 0 aliphatic rings. The summed E-state index contributed by atoms with van der Waals surface area (Å²) >= 11 is 1.47. The van der Waals surface area contributed by atoms with Crippen molar-refractivity contribution in [2.75, 3.05) is 0 Å². The van der Waals surface area contributed by atoms with Crippen LogP contribution in [0.4, 0.5) is 0 Å². The lowest BCUT2D eigenvalue weighted by Crippen LogP contribution is -2.07. The van der Waals surface area contributed by atoms with Gasteiger partial charge in [0.1, 0.15) is 5.78 Å². The number of carbonyl (C=O) groups is 1. The maximum absolute atomic E-state index is 11.2. The summed E-state index contributed by atoms with van der Waals surface area (Å²) in [4.78, 5) is 12.4. The van der Waals surface area contributed by atoms with Crippen LogP contribution in [0.2, 0.25) is 0 Å². The standard InChI is InChI=1S/C9H13NOS/c1-7(2)9(11)4-3-8-5-6-10-12-8/h5-7H,3-4H2,1-2H3. The summed E-state index contributed by atoms with van der Waals surface area (Å²) in [6, 6.07) is 1.97. The Kier molecular flexibility index (Phi) is 3.41. The minimum atomic E-state index is 0.165. The van der Waals surface area contributed by atoms with Crippen LogP contribution in [0.5, 0.6) is 0 Å². The van der Waals surface area contributed by atoms with Crippen LogP contribution in [0, 0.1) is 5.92 Å². The van der Waals surface area contributed by atoms with E-state index in [1.807, 2.05) is 19.9 Å². The molecule has 0 bridgehead atoms. The molecule has 0 fully saturated rings. The third-order valence-electron chi connectivity index (χ3n) is 1.75. The summed E-state index contributed by atoms with van der Waals surface area (Å²) < 4.78 is 3.98. The highest BCUT2D eigenvalue weighted by Crippen LogP contribution is 2.09. The molecule has 12 heavy (non-hydrogen) atoms. The summed E-state index contributed by atoms with van der Waals surface area (Å²) in [6.45, 7) is 3.88. The first-order valence-electron chi connectivity index (χ1n) is 4.12. The highest BCUT2D eigenvalue weighted by molar-refractivity contribution is 7.05. The summed E-state index contributed by atoms with van der Waals surface area (Å²) in [5.41, 5.74) is 0. The van der Waals surface area contributed by atoms with E-state index in [0.29, 0.717) is 12.2 Å². The monoisotopic (exact) mass is 183 g/mol. The van der Waals surface area contributed by atoms with Crippen LogP contribution in [0.3, 0.4) is 0 Å². The number of hydrogen-bond donors (Lipinski definition) is 0. The topological polar surface area (TPSA) is 30.0 Å². The van der Waals surface area contributed by atoms with Gasteiger partial charge in [-0.1, -0.05) is 13.8 Å². The number of Topliss-reactive ketones (excluding diaryl/α,β-unsaturated/α-hetero) is 1. The minimum Gasteiger partial charge on any atom is -0.299 e. The van der Waals surface area contributed by atoms with Gasteiger partial charge in [0, 0.05) is 23.4 Å². The lowest BCUT2D eigenvalue weighted by molar-refractivity contribution is -0.121. The molecule has 0 saturated carbocycles. The van der Waals surface area contributed by atoms with Crippen molar-refractivity contribution in [2.45, 2.75) is 26.7 Å². The first kappa shape index (κ1) is 9.39. The molecule has 0 amide bonds. The van der Waals surface area contributed by atoms with E-state index in [2.05, 4.69) is 4.37 Å². The SMILES string of the molecule is CC(C)C(=O)CCc1ccns1. The Hall–Kier alpha value is -0.700. The van der Waals surface area contributed by atoms with E-state index in [1.165, 1.54) is 16.4 Å². The Morgan fingerprint density at radius 3 is 2.92 bits per heavy atom. The maximum Gasteiger partial charge on any atom is 0.135 e. The number of ketones is 1. The lowest BCUT2D eigenvalue weighted by atomic mass is 10.0. The van der Waals surface area contributed by atoms with E-state index >= 15 is 0 Å². The van der Waals surface area contributed by atoms with Gasteiger partial charge in [-0.3, -0.25) is 4.79 Å². The van der Waals surface area contributed by atoms with Gasteiger partial charge in [-0.05, 0) is 24.0 Å². The van der Waals surface area contributed by atoms with Gasteiger partial charge in [-0.2, -0.15) is 0 Å². The largest absolute Gasteiger partial charge is 0.299 e. The average molecular weight is 183 g/mol. The summed E-state index contributed by atoms with van der Waals surface area (Å²) in [7, 11) is 0. The van der Waals surface area contributed by atoms with E-state index in [9.17, 15) is 4.79 Å². The van der Waals surface area contributed by atoms with Crippen molar-refractivity contribution in [2.24, 2.45) is 5.92 Å². The zero-order valence-electron chi connectivity index (χ0n) is 7.41. The van der Waals surface area contributed by atoms with Gasteiger partial charge in [0.15, 0.2) is 0 Å². The molecule has 0 N–H and O–H groups in total. The molecule has 1 heterocycles. The molecule has 66 valence electrons. The van der Waals surface area contributed by atoms with Gasteiger partial charge >= 0.3 is 0 Å². The zero-order valence-corrected chi connectivity index (χ0v) is 8.23. The molecule has 0 aliphatic carbocycles. The quantitative estimate of drug-likeness (QED) is 0.717. The normalized spacial score (nSPS) is 10.6. The Morgan fingerprint density at radius 1 is 1.67 bits per heavy atom. The number of hydrogen-bond acceptors (Lipinski definition) is 3. The summed E-state index contributed by atoms with van der Waals surface area (Å²) in [5.74, 6) is 0.501. The van der Waals surface area contributed by atoms with Crippen LogP contribution >= 0.6 is 11.5 Å². The van der Waals surface area contributed by atoms with Crippen LogP contribution < -0.4 is 0 Å². The van der Waals surface area contributed by atoms with Gasteiger partial charge in [-0.15, -0.1) is 0 Å². The van der Waals surface area contributed by atoms with E-state index in [4.69, 9.17) is 0 Å². The minimum absolute atomic E-state index is 0.165. The predicted molar refractivity (Wildman–Crippen MR) is 50.3 cm³/mol. The van der Waals surface area contributed by atoms with Gasteiger partial charge in [-0.25, -0.2) is 4.37 Å². The smallest absolute Gasteiger partial charge is 0.135 e. The zero-order chi connectivity index (χ0) is 8.97. The Labute approximate surface area is 76.8 Å². The maximum atomic E-state index is 11.2. The number of aryl methyl sites for hydroxylation is 1. The molecular formula is C9H13NOS. The third-order valence-corrected chi connectivity index (χ3v) is 2.55. The third kappa shape index (κ3) is 2.74. The Balaban J connectivity index is 2.32. The molecule has 1 aromatic rings. The van der Waals surface area contributed by atoms with Crippen LogP contribution in [-0.4, -0.2) is 10.2 Å². The van der Waals surface area contributed by atoms with Gasteiger partial charge < -0.3 is 0 Å². The first-order chi connectivity index (χ1) is 5.70. The van der Waals surface area contributed by atoms with Gasteiger partial charge in [0.05, 0.1) is 0 Å². The average Bonchev–Trinajstić information content (AvgIpc) is 2.51. The molecule has 1 aromatic heterocycles. The van der Waals surface area contributed by atoms with Crippen molar-refractivity contribution in [1.29, 1.82) is 0 Å². The molecular weight excluding hydrogens is 170 g/mol. The molecule has 0 aliphatic heterocycles. The molecule has 0 saturated heterocycles. The van der Waals surface area contributed by atoms with Crippen LogP contribution in [0.25, 0.3) is 0 Å². The summed E-state index contributed by atoms with van der Waals surface area (Å²) in [5, 5.41) is 0. The molecule has 0 spiro atoms. The van der Waals surface area contributed by atoms with Crippen molar-refractivity contribution < 1.29 is 4.79 Å². The fraction of sp³-hybridized carbons (Fsp3) is 0.556. The molecule has 0 unspecified atom stereocenters. The predicted octanol–water partition coefficient (Wildman–Crippen LogP) is 2.30. The number of rotatable bonds is 4. The molecule has 1 rings (SSSR count).